The summed E-state index contributed by atoms with van der Waals surface area (Å²) in [4.78, 5) is 8.50. The van der Waals surface area contributed by atoms with Crippen LogP contribution < -0.4 is 10.1 Å². The first kappa shape index (κ1) is 20.8. The molecule has 1 atom stereocenters. The summed E-state index contributed by atoms with van der Waals surface area (Å²) in [7, 11) is 0. The van der Waals surface area contributed by atoms with Gasteiger partial charge in [-0.1, -0.05) is 0 Å². The highest BCUT2D eigenvalue weighted by atomic mass is 19.4. The molecule has 158 valence electrons. The number of hydrogen-bond donors (Lipinski definition) is 1. The molecule has 0 saturated heterocycles. The lowest BCUT2D eigenvalue weighted by atomic mass is 10.2. The second kappa shape index (κ2) is 8.23. The fourth-order valence-electron chi connectivity index (χ4n) is 2.62. The number of hydrogen-bond acceptors (Lipinski definition) is 7. The molecular weight excluding hydrogens is 391 g/mol. The van der Waals surface area contributed by atoms with Crippen molar-refractivity contribution >= 4 is 11.6 Å². The summed E-state index contributed by atoms with van der Waals surface area (Å²) in [5, 5.41) is 11.4. The molecule has 0 amide bonds. The lowest BCUT2D eigenvalue weighted by molar-refractivity contribution is -0.153. The molecule has 0 aliphatic heterocycles. The summed E-state index contributed by atoms with van der Waals surface area (Å²) in [5.41, 5.74) is 0.769. The third kappa shape index (κ3) is 4.94. The van der Waals surface area contributed by atoms with Crippen LogP contribution in [0.25, 0.3) is 16.9 Å². The van der Waals surface area contributed by atoms with Crippen molar-refractivity contribution in [1.82, 2.24) is 29.4 Å². The van der Waals surface area contributed by atoms with E-state index >= 15 is 0 Å². The van der Waals surface area contributed by atoms with E-state index < -0.39 is 12.8 Å². The number of ether oxygens (including phenoxy) is 2. The summed E-state index contributed by atoms with van der Waals surface area (Å²) in [6.45, 7) is 6.46. The van der Waals surface area contributed by atoms with Gasteiger partial charge in [0, 0.05) is 24.4 Å². The average molecular weight is 413 g/mol. The normalized spacial score (nSPS) is 13.2. The van der Waals surface area contributed by atoms with E-state index in [-0.39, 0.29) is 35.3 Å². The Labute approximate surface area is 164 Å². The van der Waals surface area contributed by atoms with Crippen LogP contribution in [-0.4, -0.2) is 54.8 Å². The van der Waals surface area contributed by atoms with Crippen LogP contribution in [0, 0.1) is 0 Å². The minimum Gasteiger partial charge on any atom is -0.478 e. The van der Waals surface area contributed by atoms with Crippen LogP contribution in [0.15, 0.2) is 18.7 Å². The quantitative estimate of drug-likeness (QED) is 0.606. The Morgan fingerprint density at radius 1 is 1.24 bits per heavy atom. The molecule has 3 heterocycles. The molecule has 3 aromatic heterocycles. The van der Waals surface area contributed by atoms with Crippen LogP contribution in [0.2, 0.25) is 0 Å². The Balaban J connectivity index is 2.05. The number of fused-ring (bicyclic) bond motifs is 1. The van der Waals surface area contributed by atoms with Gasteiger partial charge >= 0.3 is 6.18 Å². The van der Waals surface area contributed by atoms with Gasteiger partial charge in [-0.15, -0.1) is 5.10 Å². The minimum absolute atomic E-state index is 0.0395. The van der Waals surface area contributed by atoms with Gasteiger partial charge in [0.15, 0.2) is 12.4 Å². The van der Waals surface area contributed by atoms with E-state index in [1.54, 1.807) is 17.8 Å². The predicted octanol–water partition coefficient (Wildman–Crippen LogP) is 3.30. The van der Waals surface area contributed by atoms with Gasteiger partial charge in [0.25, 0.3) is 0 Å². The molecule has 9 nitrogen and oxygen atoms in total. The predicted molar refractivity (Wildman–Crippen MR) is 98.6 cm³/mol. The smallest absolute Gasteiger partial charge is 0.422 e. The highest BCUT2D eigenvalue weighted by Gasteiger charge is 2.30. The van der Waals surface area contributed by atoms with Gasteiger partial charge in [0.1, 0.15) is 18.2 Å². The molecule has 3 rings (SSSR count). The summed E-state index contributed by atoms with van der Waals surface area (Å²) in [6.07, 6.45) is -0.377. The van der Waals surface area contributed by atoms with E-state index in [0.717, 1.165) is 0 Å². The van der Waals surface area contributed by atoms with E-state index in [1.165, 1.54) is 17.0 Å². The van der Waals surface area contributed by atoms with Crippen LogP contribution in [-0.2, 0) is 4.74 Å². The van der Waals surface area contributed by atoms with Crippen LogP contribution in [0.5, 0.6) is 5.75 Å². The largest absolute Gasteiger partial charge is 0.478 e. The maximum atomic E-state index is 12.8. The van der Waals surface area contributed by atoms with Gasteiger partial charge in [0.2, 0.25) is 11.6 Å². The van der Waals surface area contributed by atoms with Crippen molar-refractivity contribution in [2.45, 2.75) is 46.1 Å². The molecule has 0 aliphatic rings. The minimum atomic E-state index is -4.52. The van der Waals surface area contributed by atoms with Crippen molar-refractivity contribution in [3.8, 4) is 17.0 Å². The zero-order valence-electron chi connectivity index (χ0n) is 16.4. The number of halogens is 3. The first-order valence-corrected chi connectivity index (χ1v) is 9.05. The van der Waals surface area contributed by atoms with Crippen molar-refractivity contribution < 1.29 is 22.6 Å². The van der Waals surface area contributed by atoms with Crippen molar-refractivity contribution in [3.05, 3.63) is 18.7 Å². The van der Waals surface area contributed by atoms with Gasteiger partial charge in [-0.05, 0) is 27.7 Å². The maximum Gasteiger partial charge on any atom is 0.422 e. The fraction of sp³-hybridized carbons (Fsp3) is 0.529. The molecule has 0 aliphatic carbocycles. The fourth-order valence-corrected chi connectivity index (χ4v) is 2.62. The second-order valence-corrected chi connectivity index (χ2v) is 6.59. The first-order chi connectivity index (χ1) is 13.7. The number of nitrogens with zero attached hydrogens (tertiary/aromatic N) is 6. The number of aromatic nitrogens is 6. The zero-order chi connectivity index (χ0) is 21.2. The molecule has 3 aromatic rings. The van der Waals surface area contributed by atoms with Crippen molar-refractivity contribution in [1.29, 1.82) is 0 Å². The van der Waals surface area contributed by atoms with E-state index in [1.807, 2.05) is 20.8 Å². The Morgan fingerprint density at radius 3 is 2.66 bits per heavy atom. The van der Waals surface area contributed by atoms with Crippen LogP contribution >= 0.6 is 0 Å². The Hall–Kier alpha value is -2.89. The lowest BCUT2D eigenvalue weighted by Gasteiger charge is -2.13. The Kier molecular flexibility index (Phi) is 5.91. The molecule has 0 saturated carbocycles. The molecule has 1 unspecified atom stereocenters. The molecule has 0 bridgehead atoms. The molecule has 12 heteroatoms. The molecule has 0 spiro atoms. The van der Waals surface area contributed by atoms with Gasteiger partial charge in [0.05, 0.1) is 6.20 Å². The molecule has 1 N–H and O–H groups in total. The molecule has 0 aromatic carbocycles. The van der Waals surface area contributed by atoms with Crippen LogP contribution in [0.4, 0.5) is 19.1 Å². The van der Waals surface area contributed by atoms with Gasteiger partial charge in [-0.25, -0.2) is 9.67 Å². The monoisotopic (exact) mass is 413 g/mol. The van der Waals surface area contributed by atoms with E-state index in [0.29, 0.717) is 12.2 Å². The summed E-state index contributed by atoms with van der Waals surface area (Å²) in [6, 6.07) is 0.0395. The summed E-state index contributed by atoms with van der Waals surface area (Å²) >= 11 is 0. The number of alkyl halides is 3. The van der Waals surface area contributed by atoms with E-state index in [4.69, 9.17) is 9.47 Å². The molecule has 0 fully saturated rings. The number of rotatable bonds is 8. The van der Waals surface area contributed by atoms with Crippen molar-refractivity contribution in [3.63, 3.8) is 0 Å². The summed E-state index contributed by atoms with van der Waals surface area (Å²) in [5.74, 6) is 0.134. The highest BCUT2D eigenvalue weighted by Crippen LogP contribution is 2.33. The highest BCUT2D eigenvalue weighted by molar-refractivity contribution is 5.74. The standard InChI is InChI=1S/C17H22F3N7O2/c1-5-28-11(4)26-7-12(6-22-26)13-14(29-8-17(18,19)20)15-24-16(23-10(2)3)25-27(15)9-21-13/h6-7,9-11H,5,8H2,1-4H3,(H,23,25). The van der Waals surface area contributed by atoms with Crippen LogP contribution in [0.1, 0.15) is 33.9 Å². The summed E-state index contributed by atoms with van der Waals surface area (Å²) < 4.78 is 51.8. The van der Waals surface area contributed by atoms with Crippen LogP contribution in [0.3, 0.4) is 0 Å². The van der Waals surface area contributed by atoms with E-state index in [9.17, 15) is 13.2 Å². The lowest BCUT2D eigenvalue weighted by Crippen LogP contribution is -2.20. The third-order valence-corrected chi connectivity index (χ3v) is 3.80. The maximum absolute atomic E-state index is 12.8. The molecule has 0 radical (unpaired) electrons. The third-order valence-electron chi connectivity index (χ3n) is 3.80. The molecule has 29 heavy (non-hydrogen) atoms. The van der Waals surface area contributed by atoms with Crippen molar-refractivity contribution in [2.75, 3.05) is 18.5 Å². The Bertz CT molecular complexity index is 968. The second-order valence-electron chi connectivity index (χ2n) is 6.59. The SMILES string of the molecule is CCOC(C)n1cc(-c2ncn3nc(NC(C)C)nc3c2OCC(F)(F)F)cn1. The first-order valence-electron chi connectivity index (χ1n) is 9.05. The van der Waals surface area contributed by atoms with Gasteiger partial charge < -0.3 is 14.8 Å². The Morgan fingerprint density at radius 2 is 2.00 bits per heavy atom. The van der Waals surface area contributed by atoms with E-state index in [2.05, 4.69) is 25.5 Å². The van der Waals surface area contributed by atoms with Gasteiger partial charge in [-0.3, -0.25) is 0 Å². The van der Waals surface area contributed by atoms with Gasteiger partial charge in [-0.2, -0.15) is 27.8 Å². The van der Waals surface area contributed by atoms with Crippen molar-refractivity contribution in [2.24, 2.45) is 0 Å². The molecular formula is C17H22F3N7O2. The number of nitrogens with one attached hydrogen (secondary N) is 1. The topological polar surface area (TPSA) is 91.4 Å². The zero-order valence-corrected chi connectivity index (χ0v) is 16.4. The number of anilines is 1. The average Bonchev–Trinajstić information content (AvgIpc) is 3.25.